The zero-order valence-electron chi connectivity index (χ0n) is 18.9. The Morgan fingerprint density at radius 3 is 1.97 bits per heavy atom. The predicted octanol–water partition coefficient (Wildman–Crippen LogP) is 7.62. The maximum atomic E-state index is 13.1. The standard InChI is InChI=1S/C23H13F9N2O5/c24-21(25,26)11-38-18-6-4-13(22(27,28)29)9-16(18)33-20(35)12-2-1-3-15(8-12)39-19-7-5-14(23(30,31)32)10-17(19)34(36)37/h1-10H,11H2,(H,33,35). The van der Waals surface area contributed by atoms with Crippen molar-refractivity contribution in [2.45, 2.75) is 18.5 Å². The average Bonchev–Trinajstić information content (AvgIpc) is 2.81. The highest BCUT2D eigenvalue weighted by molar-refractivity contribution is 6.05. The molecule has 3 aromatic rings. The van der Waals surface area contributed by atoms with Gasteiger partial charge in [-0.3, -0.25) is 14.9 Å². The molecule has 0 unspecified atom stereocenters. The molecule has 3 rings (SSSR count). The van der Waals surface area contributed by atoms with Gasteiger partial charge in [0.2, 0.25) is 5.75 Å². The molecule has 0 aliphatic carbocycles. The van der Waals surface area contributed by atoms with Gasteiger partial charge in [-0.15, -0.1) is 0 Å². The van der Waals surface area contributed by atoms with E-state index in [1.807, 2.05) is 5.32 Å². The maximum absolute atomic E-state index is 13.1. The number of carbonyl (C=O) groups excluding carboxylic acids is 1. The molecule has 0 atom stereocenters. The van der Waals surface area contributed by atoms with Gasteiger partial charge in [-0.25, -0.2) is 0 Å². The van der Waals surface area contributed by atoms with Crippen LogP contribution in [-0.2, 0) is 12.4 Å². The van der Waals surface area contributed by atoms with Crippen LogP contribution in [0.2, 0.25) is 0 Å². The molecular weight excluding hydrogens is 555 g/mol. The Bertz CT molecular complexity index is 1390. The molecule has 7 nitrogen and oxygen atoms in total. The number of hydrogen-bond donors (Lipinski definition) is 1. The summed E-state index contributed by atoms with van der Waals surface area (Å²) in [5.74, 6) is -2.77. The Morgan fingerprint density at radius 2 is 1.41 bits per heavy atom. The molecule has 0 saturated heterocycles. The van der Waals surface area contributed by atoms with Crippen molar-refractivity contribution in [3.05, 3.63) is 87.5 Å². The van der Waals surface area contributed by atoms with Crippen LogP contribution in [0.25, 0.3) is 0 Å². The number of alkyl halides is 9. The van der Waals surface area contributed by atoms with Crippen LogP contribution in [0.4, 0.5) is 50.9 Å². The molecule has 0 radical (unpaired) electrons. The van der Waals surface area contributed by atoms with Crippen molar-refractivity contribution in [1.82, 2.24) is 0 Å². The SMILES string of the molecule is O=C(Nc1cc(C(F)(F)F)ccc1OCC(F)(F)F)c1cccc(Oc2ccc(C(F)(F)F)cc2[N+](=O)[O-])c1. The molecule has 0 aliphatic heterocycles. The van der Waals surface area contributed by atoms with Crippen LogP contribution in [0.3, 0.4) is 0 Å². The summed E-state index contributed by atoms with van der Waals surface area (Å²) in [6.07, 6.45) is -14.6. The third-order valence-electron chi connectivity index (χ3n) is 4.75. The van der Waals surface area contributed by atoms with E-state index >= 15 is 0 Å². The van der Waals surface area contributed by atoms with Crippen molar-refractivity contribution in [2.24, 2.45) is 0 Å². The van der Waals surface area contributed by atoms with Crippen LogP contribution < -0.4 is 14.8 Å². The van der Waals surface area contributed by atoms with Gasteiger partial charge in [0.25, 0.3) is 5.91 Å². The van der Waals surface area contributed by atoms with Crippen molar-refractivity contribution in [3.63, 3.8) is 0 Å². The predicted molar refractivity (Wildman–Crippen MR) is 116 cm³/mol. The van der Waals surface area contributed by atoms with Crippen molar-refractivity contribution in [2.75, 3.05) is 11.9 Å². The van der Waals surface area contributed by atoms with E-state index in [2.05, 4.69) is 4.74 Å². The fourth-order valence-corrected chi connectivity index (χ4v) is 3.03. The first-order chi connectivity index (χ1) is 17.9. The number of benzene rings is 3. The summed E-state index contributed by atoms with van der Waals surface area (Å²) in [6, 6.07) is 7.24. The Hall–Kier alpha value is -4.50. The first-order valence-corrected chi connectivity index (χ1v) is 10.3. The van der Waals surface area contributed by atoms with E-state index in [9.17, 15) is 54.4 Å². The van der Waals surface area contributed by atoms with Gasteiger partial charge in [-0.1, -0.05) is 6.07 Å². The van der Waals surface area contributed by atoms with Gasteiger partial charge in [0.1, 0.15) is 11.5 Å². The highest BCUT2D eigenvalue weighted by Gasteiger charge is 2.34. The Labute approximate surface area is 211 Å². The molecule has 3 aromatic carbocycles. The summed E-state index contributed by atoms with van der Waals surface area (Å²) in [5, 5.41) is 13.2. The van der Waals surface area contributed by atoms with Crippen LogP contribution in [0.5, 0.6) is 17.2 Å². The maximum Gasteiger partial charge on any atom is 0.422 e. The number of carbonyl (C=O) groups is 1. The minimum absolute atomic E-state index is 0.238. The number of anilines is 1. The van der Waals surface area contributed by atoms with Crippen LogP contribution in [0, 0.1) is 10.1 Å². The minimum atomic E-state index is -4.91. The molecule has 0 aromatic heterocycles. The lowest BCUT2D eigenvalue weighted by Gasteiger charge is -2.16. The van der Waals surface area contributed by atoms with Gasteiger partial charge in [0.05, 0.1) is 21.7 Å². The number of rotatable bonds is 7. The number of halogens is 9. The summed E-state index contributed by atoms with van der Waals surface area (Å²) in [6.45, 7) is -1.86. The van der Waals surface area contributed by atoms with Gasteiger partial charge in [-0.2, -0.15) is 39.5 Å². The smallest absolute Gasteiger partial charge is 0.422 e. The van der Waals surface area contributed by atoms with E-state index in [0.717, 1.165) is 12.1 Å². The largest absolute Gasteiger partial charge is 0.482 e. The third kappa shape index (κ3) is 7.75. The van der Waals surface area contributed by atoms with Gasteiger partial charge in [-0.05, 0) is 48.5 Å². The second kappa shape index (κ2) is 10.7. The number of ether oxygens (including phenoxy) is 2. The van der Waals surface area contributed by atoms with Crippen molar-refractivity contribution in [1.29, 1.82) is 0 Å². The lowest BCUT2D eigenvalue weighted by Crippen LogP contribution is -2.21. The zero-order chi connectivity index (χ0) is 29.2. The van der Waals surface area contributed by atoms with Crippen LogP contribution in [0.15, 0.2) is 60.7 Å². The number of hydrogen-bond acceptors (Lipinski definition) is 5. The molecule has 0 aliphatic rings. The molecule has 0 spiro atoms. The fourth-order valence-electron chi connectivity index (χ4n) is 3.03. The summed E-state index contributed by atoms with van der Waals surface area (Å²) >= 11 is 0. The average molecular weight is 568 g/mol. The van der Waals surface area contributed by atoms with E-state index in [1.54, 1.807) is 0 Å². The summed E-state index contributed by atoms with van der Waals surface area (Å²) in [5.41, 5.74) is -4.75. The van der Waals surface area contributed by atoms with Crippen LogP contribution in [-0.4, -0.2) is 23.6 Å². The van der Waals surface area contributed by atoms with E-state index in [-0.39, 0.29) is 17.4 Å². The van der Waals surface area contributed by atoms with E-state index in [0.29, 0.717) is 30.3 Å². The molecule has 1 amide bonds. The van der Waals surface area contributed by atoms with E-state index in [4.69, 9.17) is 4.74 Å². The summed E-state index contributed by atoms with van der Waals surface area (Å²) in [4.78, 5) is 22.8. The first kappa shape index (κ1) is 29.1. The molecule has 1 N–H and O–H groups in total. The normalized spacial score (nSPS) is 12.1. The molecule has 0 fully saturated rings. The molecular formula is C23H13F9N2O5. The molecule has 0 bridgehead atoms. The van der Waals surface area contributed by atoms with Gasteiger partial charge < -0.3 is 14.8 Å². The highest BCUT2D eigenvalue weighted by Crippen LogP contribution is 2.39. The molecule has 0 saturated carbocycles. The highest BCUT2D eigenvalue weighted by atomic mass is 19.4. The molecule has 0 heterocycles. The number of amides is 1. The quantitative estimate of drug-likeness (QED) is 0.180. The van der Waals surface area contributed by atoms with Gasteiger partial charge >= 0.3 is 24.2 Å². The van der Waals surface area contributed by atoms with Crippen molar-refractivity contribution >= 4 is 17.3 Å². The molecule has 16 heteroatoms. The number of nitrogens with zero attached hydrogens (tertiary/aromatic N) is 1. The Balaban J connectivity index is 1.89. The lowest BCUT2D eigenvalue weighted by atomic mass is 10.1. The monoisotopic (exact) mass is 568 g/mol. The second-order valence-corrected chi connectivity index (χ2v) is 7.63. The van der Waals surface area contributed by atoms with Crippen LogP contribution in [0.1, 0.15) is 21.5 Å². The molecule has 39 heavy (non-hydrogen) atoms. The van der Waals surface area contributed by atoms with Gasteiger partial charge in [0.15, 0.2) is 6.61 Å². The lowest BCUT2D eigenvalue weighted by molar-refractivity contribution is -0.385. The Morgan fingerprint density at radius 1 is 0.821 bits per heavy atom. The summed E-state index contributed by atoms with van der Waals surface area (Å²) < 4.78 is 125. The summed E-state index contributed by atoms with van der Waals surface area (Å²) in [7, 11) is 0. The number of nitro groups is 1. The number of nitro benzene ring substituents is 1. The van der Waals surface area contributed by atoms with E-state index < -0.39 is 70.0 Å². The van der Waals surface area contributed by atoms with Crippen LogP contribution >= 0.6 is 0 Å². The zero-order valence-corrected chi connectivity index (χ0v) is 18.9. The number of nitrogens with one attached hydrogen (secondary N) is 1. The third-order valence-corrected chi connectivity index (χ3v) is 4.75. The Kier molecular flexibility index (Phi) is 7.98. The fraction of sp³-hybridized carbons (Fsp3) is 0.174. The topological polar surface area (TPSA) is 90.7 Å². The second-order valence-electron chi connectivity index (χ2n) is 7.63. The van der Waals surface area contributed by atoms with E-state index in [1.165, 1.54) is 12.1 Å². The first-order valence-electron chi connectivity index (χ1n) is 10.3. The van der Waals surface area contributed by atoms with Gasteiger partial charge in [0, 0.05) is 11.6 Å². The van der Waals surface area contributed by atoms with Crippen molar-refractivity contribution < 1.29 is 58.7 Å². The van der Waals surface area contributed by atoms with Crippen molar-refractivity contribution in [3.8, 4) is 17.2 Å². The molecule has 208 valence electrons. The minimum Gasteiger partial charge on any atom is -0.482 e.